The summed E-state index contributed by atoms with van der Waals surface area (Å²) in [4.78, 5) is 11.5. The van der Waals surface area contributed by atoms with E-state index in [0.717, 1.165) is 12.1 Å². The summed E-state index contributed by atoms with van der Waals surface area (Å²) in [7, 11) is 1.52. The maximum absolute atomic E-state index is 11.5. The Bertz CT molecular complexity index is 319. The summed E-state index contributed by atoms with van der Waals surface area (Å²) in [5.41, 5.74) is 2.06. The minimum absolute atomic E-state index is 0.123. The molecule has 1 N–H and O–H groups in total. The van der Waals surface area contributed by atoms with Crippen molar-refractivity contribution < 1.29 is 9.53 Å². The Hall–Kier alpha value is -1.35. The molecule has 0 aliphatic carbocycles. The molecule has 0 spiro atoms. The Kier molecular flexibility index (Phi) is 4.31. The molecule has 3 nitrogen and oxygen atoms in total. The highest BCUT2D eigenvalue weighted by atomic mass is 16.5. The third-order valence-corrected chi connectivity index (χ3v) is 2.35. The number of anilines is 1. The van der Waals surface area contributed by atoms with Crippen molar-refractivity contribution in [3.63, 3.8) is 0 Å². The van der Waals surface area contributed by atoms with Crippen LogP contribution in [0.15, 0.2) is 24.3 Å². The van der Waals surface area contributed by atoms with Crippen molar-refractivity contribution in [2.45, 2.75) is 26.4 Å². The van der Waals surface area contributed by atoms with Gasteiger partial charge >= 0.3 is 0 Å². The number of aryl methyl sites for hydroxylation is 1. The summed E-state index contributed by atoms with van der Waals surface area (Å²) in [5, 5.41) is 2.78. The van der Waals surface area contributed by atoms with Crippen LogP contribution in [0.1, 0.15) is 19.4 Å². The zero-order chi connectivity index (χ0) is 11.3. The molecule has 0 heterocycles. The van der Waals surface area contributed by atoms with Crippen molar-refractivity contribution in [3.05, 3.63) is 29.8 Å². The topological polar surface area (TPSA) is 38.3 Å². The molecule has 0 fully saturated rings. The van der Waals surface area contributed by atoms with Crippen LogP contribution < -0.4 is 5.32 Å². The summed E-state index contributed by atoms with van der Waals surface area (Å²) < 4.78 is 4.92. The minimum Gasteiger partial charge on any atom is -0.372 e. The number of ether oxygens (including phenoxy) is 1. The van der Waals surface area contributed by atoms with E-state index in [1.807, 2.05) is 24.3 Å². The summed E-state index contributed by atoms with van der Waals surface area (Å²) in [5.74, 6) is -0.123. The molecule has 0 aromatic heterocycles. The van der Waals surface area contributed by atoms with Crippen LogP contribution in [0, 0.1) is 0 Å². The first kappa shape index (κ1) is 11.7. The quantitative estimate of drug-likeness (QED) is 0.822. The molecule has 0 bridgehead atoms. The molecular formula is C12H17NO2. The Morgan fingerprint density at radius 3 is 2.47 bits per heavy atom. The standard InChI is InChI=1S/C12H17NO2/c1-4-10-5-7-11(8-6-10)13-12(14)9(2)15-3/h5-9H,4H2,1-3H3,(H,13,14). The highest BCUT2D eigenvalue weighted by molar-refractivity contribution is 5.93. The van der Waals surface area contributed by atoms with Gasteiger partial charge in [0.15, 0.2) is 0 Å². The van der Waals surface area contributed by atoms with Gasteiger partial charge in [0.25, 0.3) is 5.91 Å². The fraction of sp³-hybridized carbons (Fsp3) is 0.417. The number of rotatable bonds is 4. The van der Waals surface area contributed by atoms with Gasteiger partial charge < -0.3 is 10.1 Å². The molecule has 1 atom stereocenters. The lowest BCUT2D eigenvalue weighted by Gasteiger charge is -2.10. The van der Waals surface area contributed by atoms with Gasteiger partial charge in [0.2, 0.25) is 0 Å². The largest absolute Gasteiger partial charge is 0.372 e. The van der Waals surface area contributed by atoms with Crippen molar-refractivity contribution >= 4 is 11.6 Å². The van der Waals surface area contributed by atoms with Crippen molar-refractivity contribution in [2.75, 3.05) is 12.4 Å². The molecule has 1 aromatic carbocycles. The maximum Gasteiger partial charge on any atom is 0.253 e. The van der Waals surface area contributed by atoms with E-state index < -0.39 is 6.10 Å². The van der Waals surface area contributed by atoms with Crippen LogP contribution in [-0.4, -0.2) is 19.1 Å². The summed E-state index contributed by atoms with van der Waals surface area (Å²) >= 11 is 0. The Labute approximate surface area is 90.4 Å². The molecule has 1 amide bonds. The van der Waals surface area contributed by atoms with E-state index in [9.17, 15) is 4.79 Å². The third-order valence-electron chi connectivity index (χ3n) is 2.35. The van der Waals surface area contributed by atoms with Gasteiger partial charge in [-0.05, 0) is 31.0 Å². The van der Waals surface area contributed by atoms with Gasteiger partial charge in [0, 0.05) is 12.8 Å². The van der Waals surface area contributed by atoms with Gasteiger partial charge in [0.05, 0.1) is 0 Å². The first-order valence-corrected chi connectivity index (χ1v) is 5.10. The Balaban J connectivity index is 2.61. The molecule has 3 heteroatoms. The molecule has 15 heavy (non-hydrogen) atoms. The second kappa shape index (κ2) is 5.51. The fourth-order valence-electron chi connectivity index (χ4n) is 1.17. The summed E-state index contributed by atoms with van der Waals surface area (Å²) in [6.45, 7) is 3.82. The number of hydrogen-bond donors (Lipinski definition) is 1. The van der Waals surface area contributed by atoms with Crippen LogP contribution in [-0.2, 0) is 16.0 Å². The first-order chi connectivity index (χ1) is 7.17. The highest BCUT2D eigenvalue weighted by Crippen LogP contribution is 2.10. The Morgan fingerprint density at radius 1 is 1.40 bits per heavy atom. The predicted octanol–water partition coefficient (Wildman–Crippen LogP) is 2.22. The SMILES string of the molecule is CCc1ccc(NC(=O)C(C)OC)cc1. The zero-order valence-corrected chi connectivity index (χ0v) is 9.41. The normalized spacial score (nSPS) is 12.2. The lowest BCUT2D eigenvalue weighted by molar-refractivity contribution is -0.124. The molecule has 1 aromatic rings. The van der Waals surface area contributed by atoms with E-state index in [-0.39, 0.29) is 5.91 Å². The predicted molar refractivity (Wildman–Crippen MR) is 60.9 cm³/mol. The van der Waals surface area contributed by atoms with Crippen molar-refractivity contribution in [3.8, 4) is 0 Å². The zero-order valence-electron chi connectivity index (χ0n) is 9.41. The fourth-order valence-corrected chi connectivity index (χ4v) is 1.17. The number of methoxy groups -OCH3 is 1. The molecular weight excluding hydrogens is 190 g/mol. The van der Waals surface area contributed by atoms with Gasteiger partial charge in [0.1, 0.15) is 6.10 Å². The number of amides is 1. The van der Waals surface area contributed by atoms with Crippen LogP contribution >= 0.6 is 0 Å². The van der Waals surface area contributed by atoms with Gasteiger partial charge in [-0.15, -0.1) is 0 Å². The number of carbonyl (C=O) groups excluding carboxylic acids is 1. The van der Waals surface area contributed by atoms with Crippen LogP contribution in [0.3, 0.4) is 0 Å². The summed E-state index contributed by atoms with van der Waals surface area (Å²) in [6.07, 6.45) is 0.582. The van der Waals surface area contributed by atoms with Crippen molar-refractivity contribution in [1.82, 2.24) is 0 Å². The van der Waals surface area contributed by atoms with E-state index >= 15 is 0 Å². The monoisotopic (exact) mass is 207 g/mol. The van der Waals surface area contributed by atoms with E-state index in [0.29, 0.717) is 0 Å². The van der Waals surface area contributed by atoms with Gasteiger partial charge in [-0.25, -0.2) is 0 Å². The number of hydrogen-bond acceptors (Lipinski definition) is 2. The molecule has 82 valence electrons. The number of benzene rings is 1. The second-order valence-electron chi connectivity index (χ2n) is 3.42. The molecule has 0 saturated heterocycles. The van der Waals surface area contributed by atoms with E-state index in [1.165, 1.54) is 12.7 Å². The van der Waals surface area contributed by atoms with Crippen LogP contribution in [0.25, 0.3) is 0 Å². The van der Waals surface area contributed by atoms with Crippen molar-refractivity contribution in [1.29, 1.82) is 0 Å². The second-order valence-corrected chi connectivity index (χ2v) is 3.42. The van der Waals surface area contributed by atoms with E-state index in [4.69, 9.17) is 4.74 Å². The third kappa shape index (κ3) is 3.36. The lowest BCUT2D eigenvalue weighted by atomic mass is 10.1. The van der Waals surface area contributed by atoms with E-state index in [2.05, 4.69) is 12.2 Å². The van der Waals surface area contributed by atoms with Gasteiger partial charge in [-0.2, -0.15) is 0 Å². The van der Waals surface area contributed by atoms with Crippen molar-refractivity contribution in [2.24, 2.45) is 0 Å². The van der Waals surface area contributed by atoms with Gasteiger partial charge in [-0.3, -0.25) is 4.79 Å². The lowest BCUT2D eigenvalue weighted by Crippen LogP contribution is -2.26. The van der Waals surface area contributed by atoms with Crippen LogP contribution in [0.2, 0.25) is 0 Å². The number of carbonyl (C=O) groups is 1. The smallest absolute Gasteiger partial charge is 0.253 e. The molecule has 0 aliphatic rings. The summed E-state index contributed by atoms with van der Waals surface area (Å²) in [6, 6.07) is 7.82. The molecule has 0 saturated carbocycles. The molecule has 1 unspecified atom stereocenters. The molecule has 1 rings (SSSR count). The molecule has 0 radical (unpaired) electrons. The average molecular weight is 207 g/mol. The average Bonchev–Trinajstić information content (AvgIpc) is 2.29. The molecule has 0 aliphatic heterocycles. The highest BCUT2D eigenvalue weighted by Gasteiger charge is 2.10. The van der Waals surface area contributed by atoms with Crippen LogP contribution in [0.5, 0.6) is 0 Å². The minimum atomic E-state index is -0.421. The van der Waals surface area contributed by atoms with Gasteiger partial charge in [-0.1, -0.05) is 19.1 Å². The van der Waals surface area contributed by atoms with E-state index in [1.54, 1.807) is 6.92 Å². The number of nitrogens with one attached hydrogen (secondary N) is 1. The first-order valence-electron chi connectivity index (χ1n) is 5.10. The maximum atomic E-state index is 11.5. The Morgan fingerprint density at radius 2 is 2.00 bits per heavy atom. The van der Waals surface area contributed by atoms with Crippen LogP contribution in [0.4, 0.5) is 5.69 Å².